The summed E-state index contributed by atoms with van der Waals surface area (Å²) >= 11 is 0. The average molecular weight is 269 g/mol. The van der Waals surface area contributed by atoms with E-state index in [0.717, 1.165) is 5.56 Å². The van der Waals surface area contributed by atoms with Crippen LogP contribution in [-0.4, -0.2) is 18.5 Å². The zero-order valence-corrected chi connectivity index (χ0v) is 11.1. The molecule has 1 radical (unpaired) electrons. The van der Waals surface area contributed by atoms with Gasteiger partial charge in [-0.2, -0.15) is 0 Å². The Bertz CT molecular complexity index is 287. The van der Waals surface area contributed by atoms with Gasteiger partial charge in [0.05, 0.1) is 7.11 Å². The molecule has 14 heavy (non-hydrogen) atoms. The third-order valence-corrected chi connectivity index (χ3v) is 1.52. The number of aromatic hydroxyl groups is 1. The largest absolute Gasteiger partial charge is 0.541 e. The Labute approximate surface area is 109 Å². The van der Waals surface area contributed by atoms with Crippen LogP contribution in [0, 0.1) is 7.43 Å². The van der Waals surface area contributed by atoms with Gasteiger partial charge in [0.15, 0.2) is 11.5 Å². The molecule has 0 heterocycles. The number of rotatable bonds is 3. The van der Waals surface area contributed by atoms with Crippen LogP contribution in [-0.2, 0) is 43.9 Å². The second-order valence-corrected chi connectivity index (χ2v) is 2.33. The van der Waals surface area contributed by atoms with E-state index in [9.17, 15) is 9.90 Å². The van der Waals surface area contributed by atoms with Crippen molar-refractivity contribution >= 4 is 6.29 Å². The molecule has 0 saturated heterocycles. The number of hydrogen-bond donors (Lipinski definition) is 1. The van der Waals surface area contributed by atoms with Crippen LogP contribution >= 0.6 is 0 Å². The molecule has 0 saturated carbocycles. The molecule has 1 aromatic rings. The SMILES string of the molecule is COc1cc(C[C-]=O)ccc1O.[CH3-].[Y]. The maximum atomic E-state index is 10.0. The molecular weight excluding hydrogens is 257 g/mol. The first-order chi connectivity index (χ1) is 5.77. The quantitative estimate of drug-likeness (QED) is 0.846. The van der Waals surface area contributed by atoms with Crippen LogP contribution in [0.15, 0.2) is 18.2 Å². The molecule has 1 aromatic carbocycles. The summed E-state index contributed by atoms with van der Waals surface area (Å²) in [7, 11) is 1.46. The molecule has 0 spiro atoms. The van der Waals surface area contributed by atoms with Crippen molar-refractivity contribution in [1.29, 1.82) is 0 Å². The van der Waals surface area contributed by atoms with E-state index in [-0.39, 0.29) is 52.3 Å². The first kappa shape index (κ1) is 16.0. The van der Waals surface area contributed by atoms with E-state index in [1.54, 1.807) is 18.4 Å². The van der Waals surface area contributed by atoms with Crippen molar-refractivity contribution in [3.63, 3.8) is 0 Å². The minimum Gasteiger partial charge on any atom is -0.541 e. The molecule has 1 N–H and O–H groups in total. The third-order valence-electron chi connectivity index (χ3n) is 1.52. The van der Waals surface area contributed by atoms with Gasteiger partial charge in [0.25, 0.3) is 0 Å². The summed E-state index contributed by atoms with van der Waals surface area (Å²) < 4.78 is 4.85. The van der Waals surface area contributed by atoms with Crippen LogP contribution in [0.1, 0.15) is 5.56 Å². The Hall–Kier alpha value is -0.406. The summed E-state index contributed by atoms with van der Waals surface area (Å²) in [5.41, 5.74) is 0.777. The van der Waals surface area contributed by atoms with Gasteiger partial charge >= 0.3 is 0 Å². The first-order valence-corrected chi connectivity index (χ1v) is 3.49. The minimum atomic E-state index is 0. The fourth-order valence-electron chi connectivity index (χ4n) is 0.915. The van der Waals surface area contributed by atoms with Crippen LogP contribution in [0.3, 0.4) is 0 Å². The molecule has 0 aromatic heterocycles. The molecule has 0 bridgehead atoms. The second-order valence-electron chi connectivity index (χ2n) is 2.33. The molecule has 0 aliphatic carbocycles. The van der Waals surface area contributed by atoms with E-state index in [1.807, 2.05) is 0 Å². The molecule has 0 unspecified atom stereocenters. The van der Waals surface area contributed by atoms with Crippen molar-refractivity contribution in [2.45, 2.75) is 6.42 Å². The molecule has 0 aliphatic rings. The van der Waals surface area contributed by atoms with E-state index >= 15 is 0 Å². The Morgan fingerprint density at radius 3 is 2.64 bits per heavy atom. The van der Waals surface area contributed by atoms with E-state index < -0.39 is 0 Å². The normalized spacial score (nSPS) is 8.07. The van der Waals surface area contributed by atoms with Crippen LogP contribution in [0.25, 0.3) is 0 Å². The van der Waals surface area contributed by atoms with Crippen LogP contribution in [0.5, 0.6) is 11.5 Å². The number of benzene rings is 1. The Balaban J connectivity index is 0. The number of phenols is 1. The summed E-state index contributed by atoms with van der Waals surface area (Å²) in [5.74, 6) is 0.454. The van der Waals surface area contributed by atoms with Crippen molar-refractivity contribution in [3.05, 3.63) is 31.2 Å². The molecule has 3 nitrogen and oxygen atoms in total. The zero-order chi connectivity index (χ0) is 8.97. The van der Waals surface area contributed by atoms with Crippen molar-refractivity contribution in [2.24, 2.45) is 0 Å². The fourth-order valence-corrected chi connectivity index (χ4v) is 0.915. The van der Waals surface area contributed by atoms with Crippen molar-refractivity contribution < 1.29 is 47.3 Å². The van der Waals surface area contributed by atoms with Crippen LogP contribution in [0.4, 0.5) is 0 Å². The minimum absolute atomic E-state index is 0. The zero-order valence-electron chi connectivity index (χ0n) is 8.28. The molecule has 75 valence electrons. The number of hydrogen-bond acceptors (Lipinski definition) is 3. The summed E-state index contributed by atoms with van der Waals surface area (Å²) in [4.78, 5) is 10.0. The summed E-state index contributed by atoms with van der Waals surface area (Å²) in [6.07, 6.45) is 1.99. The monoisotopic (exact) mass is 269 g/mol. The molecule has 1 rings (SSSR count). The van der Waals surface area contributed by atoms with Gasteiger partial charge in [-0.3, -0.25) is 6.29 Å². The maximum absolute atomic E-state index is 10.0. The van der Waals surface area contributed by atoms with Gasteiger partial charge in [0.1, 0.15) is 0 Å². The van der Waals surface area contributed by atoms with Gasteiger partial charge < -0.3 is 22.1 Å². The summed E-state index contributed by atoms with van der Waals surface area (Å²) in [6.45, 7) is 0. The van der Waals surface area contributed by atoms with E-state index in [1.165, 1.54) is 13.2 Å². The fraction of sp³-hybridized carbons (Fsp3) is 0.200. The van der Waals surface area contributed by atoms with Gasteiger partial charge in [-0.25, -0.2) is 0 Å². The second kappa shape index (κ2) is 7.95. The van der Waals surface area contributed by atoms with E-state index in [0.29, 0.717) is 5.75 Å². The van der Waals surface area contributed by atoms with Crippen molar-refractivity contribution in [2.75, 3.05) is 7.11 Å². The number of ether oxygens (including phenoxy) is 1. The van der Waals surface area contributed by atoms with E-state index in [4.69, 9.17) is 4.74 Å². The third kappa shape index (κ3) is 4.20. The van der Waals surface area contributed by atoms with Gasteiger partial charge in [0.2, 0.25) is 0 Å². The first-order valence-electron chi connectivity index (χ1n) is 3.49. The standard InChI is InChI=1S/C9H9O3.CH3.Y/c1-12-9-6-7(4-5-10)2-3-8(9)11;;/h2-3,6,11H,4H2,1H3;1H3;/q2*-1;. The average Bonchev–Trinajstić information content (AvgIpc) is 2.09. The van der Waals surface area contributed by atoms with Crippen LogP contribution in [0.2, 0.25) is 0 Å². The summed E-state index contributed by atoms with van der Waals surface area (Å²) in [5, 5.41) is 9.18. The molecule has 4 heteroatoms. The van der Waals surface area contributed by atoms with Crippen LogP contribution < -0.4 is 4.74 Å². The topological polar surface area (TPSA) is 46.5 Å². The Morgan fingerprint density at radius 2 is 2.14 bits per heavy atom. The Morgan fingerprint density at radius 1 is 1.50 bits per heavy atom. The van der Waals surface area contributed by atoms with E-state index in [2.05, 4.69) is 0 Å². The van der Waals surface area contributed by atoms with Gasteiger partial charge in [-0.1, -0.05) is 11.6 Å². The number of phenolic OH excluding ortho intramolecular Hbond substituents is 1. The van der Waals surface area contributed by atoms with Gasteiger partial charge in [0, 0.05) is 32.7 Å². The molecule has 0 aliphatic heterocycles. The molecular formula is C10H12O3Y-2. The summed E-state index contributed by atoms with van der Waals surface area (Å²) in [6, 6.07) is 4.76. The maximum Gasteiger partial charge on any atom is 0.160 e. The molecule has 0 amide bonds. The smallest absolute Gasteiger partial charge is 0.160 e. The predicted octanol–water partition coefficient (Wildman–Crippen LogP) is 1.50. The van der Waals surface area contributed by atoms with Crippen molar-refractivity contribution in [1.82, 2.24) is 0 Å². The Kier molecular flexibility index (Phi) is 9.11. The van der Waals surface area contributed by atoms with Gasteiger partial charge in [-0.05, 0) is 12.1 Å². The number of carbonyl (C=O) groups excluding carboxylic acids is 1. The molecule has 0 atom stereocenters. The van der Waals surface area contributed by atoms with Crippen molar-refractivity contribution in [3.8, 4) is 11.5 Å². The molecule has 0 fully saturated rings. The number of methoxy groups -OCH3 is 1. The van der Waals surface area contributed by atoms with Gasteiger partial charge in [-0.15, -0.1) is 6.42 Å². The predicted molar refractivity (Wildman–Crippen MR) is 50.5 cm³/mol.